The smallest absolute Gasteiger partial charge is 0.423 e. The Labute approximate surface area is 86.5 Å². The number of rotatable bonds is 2. The molecule has 78 valence electrons. The molecule has 2 heterocycles. The number of pyridine rings is 1. The first-order chi connectivity index (χ1) is 7.16. The maximum Gasteiger partial charge on any atom is 0.490 e. The Morgan fingerprint density at radius 1 is 1.40 bits per heavy atom. The summed E-state index contributed by atoms with van der Waals surface area (Å²) in [5, 5.41) is 23.3. The van der Waals surface area contributed by atoms with Gasteiger partial charge in [0.25, 0.3) is 0 Å². The first-order valence-corrected chi connectivity index (χ1v) is 4.33. The van der Waals surface area contributed by atoms with E-state index >= 15 is 0 Å². The Bertz CT molecular complexity index is 379. The van der Waals surface area contributed by atoms with Gasteiger partial charge >= 0.3 is 7.12 Å². The van der Waals surface area contributed by atoms with Crippen LogP contribution in [0.2, 0.25) is 0 Å². The van der Waals surface area contributed by atoms with E-state index < -0.39 is 7.12 Å². The van der Waals surface area contributed by atoms with Gasteiger partial charge in [0.05, 0.1) is 0 Å². The van der Waals surface area contributed by atoms with Gasteiger partial charge in [-0.15, -0.1) is 10.2 Å². The van der Waals surface area contributed by atoms with Crippen molar-refractivity contribution in [1.82, 2.24) is 21.1 Å². The lowest BCUT2D eigenvalue weighted by atomic mass is 9.82. The van der Waals surface area contributed by atoms with Crippen molar-refractivity contribution in [1.29, 1.82) is 0 Å². The molecule has 0 aromatic carbocycles. The van der Waals surface area contributed by atoms with Crippen LogP contribution in [0.25, 0.3) is 0 Å². The molecule has 0 bridgehead atoms. The Hall–Kier alpha value is -1.64. The monoisotopic (exact) mass is 207 g/mol. The summed E-state index contributed by atoms with van der Waals surface area (Å²) in [6.07, 6.45) is 1.39. The molecule has 1 aromatic rings. The molecule has 0 saturated carbocycles. The quantitative estimate of drug-likeness (QED) is 0.396. The molecule has 0 aliphatic carbocycles. The van der Waals surface area contributed by atoms with Crippen LogP contribution in [-0.4, -0.2) is 40.2 Å². The molecule has 0 atom stereocenters. The van der Waals surface area contributed by atoms with E-state index in [1.54, 1.807) is 24.3 Å². The van der Waals surface area contributed by atoms with Gasteiger partial charge in [-0.1, -0.05) is 6.07 Å². The topological polar surface area (TPSA) is 93.0 Å². The van der Waals surface area contributed by atoms with Crippen molar-refractivity contribution in [3.63, 3.8) is 0 Å². The maximum absolute atomic E-state index is 8.87. The predicted octanol–water partition coefficient (Wildman–Crippen LogP) is -2.62. The SMILES string of the molecule is CN1NN=C(c2ccc(B(O)O)cn2)N1. The predicted molar refractivity (Wildman–Crippen MR) is 54.6 cm³/mol. The van der Waals surface area contributed by atoms with E-state index in [0.717, 1.165) is 0 Å². The van der Waals surface area contributed by atoms with E-state index in [9.17, 15) is 0 Å². The van der Waals surface area contributed by atoms with Crippen LogP contribution in [-0.2, 0) is 0 Å². The van der Waals surface area contributed by atoms with Crippen molar-refractivity contribution in [2.24, 2.45) is 5.10 Å². The number of hydrogen-bond donors (Lipinski definition) is 4. The highest BCUT2D eigenvalue weighted by molar-refractivity contribution is 6.58. The maximum atomic E-state index is 8.87. The molecule has 1 aliphatic heterocycles. The summed E-state index contributed by atoms with van der Waals surface area (Å²) in [6, 6.07) is 3.23. The Balaban J connectivity index is 2.17. The lowest BCUT2D eigenvalue weighted by Gasteiger charge is -2.07. The van der Waals surface area contributed by atoms with Gasteiger partial charge in [0.15, 0.2) is 5.84 Å². The normalized spacial score (nSPS) is 15.5. The first kappa shape index (κ1) is 9.90. The summed E-state index contributed by atoms with van der Waals surface area (Å²) in [6.45, 7) is 0. The Kier molecular flexibility index (Phi) is 2.54. The lowest BCUT2D eigenvalue weighted by molar-refractivity contribution is 0.231. The Morgan fingerprint density at radius 3 is 2.67 bits per heavy atom. The number of hydrazone groups is 1. The second-order valence-electron chi connectivity index (χ2n) is 3.08. The Morgan fingerprint density at radius 2 is 2.20 bits per heavy atom. The fraction of sp³-hybridized carbons (Fsp3) is 0.143. The zero-order valence-electron chi connectivity index (χ0n) is 8.05. The summed E-state index contributed by atoms with van der Waals surface area (Å²) in [5.41, 5.74) is 6.55. The minimum absolute atomic E-state index is 0.346. The summed E-state index contributed by atoms with van der Waals surface area (Å²) in [4.78, 5) is 4.04. The average molecular weight is 207 g/mol. The van der Waals surface area contributed by atoms with Crippen LogP contribution >= 0.6 is 0 Å². The molecule has 7 nitrogen and oxygen atoms in total. The second-order valence-corrected chi connectivity index (χ2v) is 3.08. The molecular weight excluding hydrogens is 197 g/mol. The number of hydrazine groups is 2. The fourth-order valence-corrected chi connectivity index (χ4v) is 1.15. The molecule has 8 heteroatoms. The molecule has 1 aromatic heterocycles. The van der Waals surface area contributed by atoms with Crippen LogP contribution in [0.15, 0.2) is 23.4 Å². The van der Waals surface area contributed by atoms with Gasteiger partial charge in [-0.3, -0.25) is 10.4 Å². The molecule has 0 spiro atoms. The van der Waals surface area contributed by atoms with Gasteiger partial charge in [0.1, 0.15) is 5.69 Å². The van der Waals surface area contributed by atoms with Gasteiger partial charge < -0.3 is 10.0 Å². The highest BCUT2D eigenvalue weighted by atomic mass is 16.4. The summed E-state index contributed by atoms with van der Waals surface area (Å²) in [7, 11) is 0.272. The summed E-state index contributed by atoms with van der Waals surface area (Å²) >= 11 is 0. The highest BCUT2D eigenvalue weighted by Crippen LogP contribution is 1.97. The van der Waals surface area contributed by atoms with E-state index in [-0.39, 0.29) is 0 Å². The van der Waals surface area contributed by atoms with Gasteiger partial charge in [0, 0.05) is 18.7 Å². The molecule has 0 radical (unpaired) electrons. The minimum atomic E-state index is -1.49. The number of amidine groups is 1. The molecule has 2 rings (SSSR count). The summed E-state index contributed by atoms with van der Waals surface area (Å²) in [5.74, 6) is 0.580. The molecule has 0 unspecified atom stereocenters. The van der Waals surface area contributed by atoms with Crippen molar-refractivity contribution >= 4 is 18.4 Å². The molecule has 0 fully saturated rings. The van der Waals surface area contributed by atoms with E-state index in [0.29, 0.717) is 17.0 Å². The van der Waals surface area contributed by atoms with Crippen LogP contribution in [0.3, 0.4) is 0 Å². The van der Waals surface area contributed by atoms with Gasteiger partial charge in [-0.25, -0.2) is 5.53 Å². The molecular formula is C7H10BN5O2. The van der Waals surface area contributed by atoms with Crippen LogP contribution in [0.5, 0.6) is 0 Å². The van der Waals surface area contributed by atoms with Crippen LogP contribution < -0.4 is 16.4 Å². The van der Waals surface area contributed by atoms with Gasteiger partial charge in [-0.2, -0.15) is 0 Å². The number of nitrogens with zero attached hydrogens (tertiary/aromatic N) is 3. The standard InChI is InChI=1S/C7H10BN5O2/c1-13-11-7(10-12-13)6-3-2-5(4-9-6)8(14)15/h2-4,12,14-15H,1H3,(H,10,11). The van der Waals surface area contributed by atoms with Gasteiger partial charge in [0.2, 0.25) is 0 Å². The van der Waals surface area contributed by atoms with Crippen LogP contribution in [0.1, 0.15) is 5.69 Å². The van der Waals surface area contributed by atoms with Gasteiger partial charge in [-0.05, 0) is 6.07 Å². The zero-order chi connectivity index (χ0) is 10.8. The number of nitrogens with one attached hydrogen (secondary N) is 2. The van der Waals surface area contributed by atoms with Crippen LogP contribution in [0, 0.1) is 0 Å². The van der Waals surface area contributed by atoms with E-state index in [4.69, 9.17) is 10.0 Å². The van der Waals surface area contributed by atoms with Crippen molar-refractivity contribution in [3.8, 4) is 0 Å². The van der Waals surface area contributed by atoms with Crippen molar-refractivity contribution in [3.05, 3.63) is 24.0 Å². The van der Waals surface area contributed by atoms with Crippen molar-refractivity contribution in [2.45, 2.75) is 0 Å². The third-order valence-electron chi connectivity index (χ3n) is 1.91. The third kappa shape index (κ3) is 2.06. The molecule has 0 saturated heterocycles. The van der Waals surface area contributed by atoms with E-state index in [2.05, 4.69) is 21.0 Å². The second kappa shape index (κ2) is 3.85. The largest absolute Gasteiger partial charge is 0.490 e. The zero-order valence-corrected chi connectivity index (χ0v) is 8.05. The van der Waals surface area contributed by atoms with Crippen molar-refractivity contribution in [2.75, 3.05) is 7.05 Å². The molecule has 4 N–H and O–H groups in total. The average Bonchev–Trinajstić information content (AvgIpc) is 2.65. The molecule has 1 aliphatic rings. The fourth-order valence-electron chi connectivity index (χ4n) is 1.15. The molecule has 0 amide bonds. The van der Waals surface area contributed by atoms with E-state index in [1.807, 2.05) is 0 Å². The first-order valence-electron chi connectivity index (χ1n) is 4.33. The molecule has 15 heavy (non-hydrogen) atoms. The number of aromatic nitrogens is 1. The number of hydrogen-bond acceptors (Lipinski definition) is 7. The van der Waals surface area contributed by atoms with E-state index in [1.165, 1.54) is 6.20 Å². The van der Waals surface area contributed by atoms with Crippen molar-refractivity contribution < 1.29 is 10.0 Å². The third-order valence-corrected chi connectivity index (χ3v) is 1.91. The summed E-state index contributed by atoms with van der Waals surface area (Å²) < 4.78 is 0. The lowest BCUT2D eigenvalue weighted by Crippen LogP contribution is -2.38. The van der Waals surface area contributed by atoms with Crippen LogP contribution in [0.4, 0.5) is 0 Å². The highest BCUT2D eigenvalue weighted by Gasteiger charge is 2.15. The minimum Gasteiger partial charge on any atom is -0.423 e.